The van der Waals surface area contributed by atoms with Crippen LogP contribution in [0.2, 0.25) is 0 Å². The highest BCUT2D eigenvalue weighted by molar-refractivity contribution is 5.96. The van der Waals surface area contributed by atoms with Gasteiger partial charge in [-0.05, 0) is 110 Å². The van der Waals surface area contributed by atoms with Crippen LogP contribution in [-0.4, -0.2) is 113 Å². The molecule has 6 bridgehead atoms. The summed E-state index contributed by atoms with van der Waals surface area (Å²) in [5.41, 5.74) is 4.42. The van der Waals surface area contributed by atoms with Crippen molar-refractivity contribution >= 4 is 40.5 Å². The van der Waals surface area contributed by atoms with Crippen molar-refractivity contribution in [1.82, 2.24) is 29.7 Å². The van der Waals surface area contributed by atoms with Crippen molar-refractivity contribution in [1.29, 1.82) is 0 Å². The Balaban J connectivity index is 1.33. The number of aryl methyl sites for hydroxylation is 1. The van der Waals surface area contributed by atoms with Gasteiger partial charge in [0.15, 0.2) is 17.7 Å². The number of nitrogens with zero attached hydrogens (tertiary/aromatic N) is 5. The SMILES string of the molecule is C=CC(=O)N1CC[C@H](C(=O)N(C)C(C(=O)N[C@H]2Cc3cc(cc(F)c3F)-c3ccc4c(c3)c(c(-c3cccnc3[C@H](C)OC)n4CC)CC(C)(C)COC(=O)[C@@H]3CCCN(O3)C2=O)C(C)C)C1. The fourth-order valence-corrected chi connectivity index (χ4v) is 9.82. The van der Waals surface area contributed by atoms with Gasteiger partial charge < -0.3 is 29.2 Å². The summed E-state index contributed by atoms with van der Waals surface area (Å²) in [5.74, 6) is -6.20. The van der Waals surface area contributed by atoms with Crippen LogP contribution in [0.3, 0.4) is 0 Å². The molecule has 2 fully saturated rings. The number of amides is 4. The molecule has 0 saturated carbocycles. The Bertz CT molecular complexity index is 2570. The molecule has 14 nitrogen and oxygen atoms in total. The van der Waals surface area contributed by atoms with Crippen LogP contribution in [-0.2, 0) is 57.7 Å². The van der Waals surface area contributed by atoms with Gasteiger partial charge in [-0.25, -0.2) is 18.6 Å². The first kappa shape index (κ1) is 48.9. The topological polar surface area (TPSA) is 153 Å². The molecule has 67 heavy (non-hydrogen) atoms. The lowest BCUT2D eigenvalue weighted by atomic mass is 9.84. The Kier molecular flexibility index (Phi) is 14.7. The first-order valence-electron chi connectivity index (χ1n) is 23.1. The van der Waals surface area contributed by atoms with Crippen LogP contribution in [0, 0.1) is 28.9 Å². The predicted octanol–water partition coefficient (Wildman–Crippen LogP) is 6.97. The molecule has 4 aromatic rings. The fourth-order valence-electron chi connectivity index (χ4n) is 9.82. The quantitative estimate of drug-likeness (QED) is 0.131. The summed E-state index contributed by atoms with van der Waals surface area (Å²) >= 11 is 0. The van der Waals surface area contributed by atoms with E-state index in [1.165, 1.54) is 29.0 Å². The fraction of sp³-hybridized carbons (Fsp3) is 0.490. The zero-order valence-electron chi connectivity index (χ0n) is 39.7. The molecule has 0 radical (unpaired) electrons. The van der Waals surface area contributed by atoms with Crippen LogP contribution in [0.4, 0.5) is 8.78 Å². The molecule has 1 N–H and O–H groups in total. The molecule has 1 unspecified atom stereocenters. The highest BCUT2D eigenvalue weighted by atomic mass is 19.2. The molecule has 2 saturated heterocycles. The number of carbonyl (C=O) groups excluding carboxylic acids is 5. The Morgan fingerprint density at radius 3 is 2.54 bits per heavy atom. The van der Waals surface area contributed by atoms with Gasteiger partial charge in [0.2, 0.25) is 17.7 Å². The van der Waals surface area contributed by atoms with Crippen molar-refractivity contribution in [3.8, 4) is 22.4 Å². The summed E-state index contributed by atoms with van der Waals surface area (Å²) < 4.78 is 46.2. The summed E-state index contributed by atoms with van der Waals surface area (Å²) in [6, 6.07) is 9.60. The van der Waals surface area contributed by atoms with Crippen molar-refractivity contribution in [2.24, 2.45) is 17.3 Å². The van der Waals surface area contributed by atoms with E-state index < -0.39 is 71.3 Å². The molecule has 5 heterocycles. The number of benzene rings is 2. The number of aromatic nitrogens is 2. The van der Waals surface area contributed by atoms with Crippen LogP contribution in [0.15, 0.2) is 61.3 Å². The van der Waals surface area contributed by atoms with E-state index >= 15 is 8.78 Å². The second-order valence-electron chi connectivity index (χ2n) is 19.1. The van der Waals surface area contributed by atoms with E-state index in [4.69, 9.17) is 19.3 Å². The van der Waals surface area contributed by atoms with Crippen LogP contribution in [0.1, 0.15) is 83.7 Å². The van der Waals surface area contributed by atoms with E-state index in [0.29, 0.717) is 43.5 Å². The molecule has 4 amide bonds. The van der Waals surface area contributed by atoms with Gasteiger partial charge in [-0.3, -0.25) is 29.0 Å². The van der Waals surface area contributed by atoms with E-state index in [2.05, 4.69) is 16.5 Å². The Hall–Kier alpha value is -6.00. The van der Waals surface area contributed by atoms with Gasteiger partial charge in [0.05, 0.1) is 30.0 Å². The number of rotatable bonds is 10. The van der Waals surface area contributed by atoms with Crippen molar-refractivity contribution in [3.05, 3.63) is 89.8 Å². The number of halogens is 2. The van der Waals surface area contributed by atoms with Crippen molar-refractivity contribution in [2.45, 2.75) is 104 Å². The molecule has 16 heteroatoms. The second-order valence-corrected chi connectivity index (χ2v) is 19.1. The average Bonchev–Trinajstić information content (AvgIpc) is 3.93. The number of methoxy groups -OCH3 is 1. The lowest BCUT2D eigenvalue weighted by Gasteiger charge is -2.36. The number of likely N-dealkylation sites (tertiary alicyclic amines) is 1. The minimum atomic E-state index is -1.53. The van der Waals surface area contributed by atoms with Crippen LogP contribution in [0.25, 0.3) is 33.3 Å². The Labute approximate surface area is 390 Å². The lowest BCUT2D eigenvalue weighted by Crippen LogP contribution is -2.58. The molecule has 0 aliphatic carbocycles. The van der Waals surface area contributed by atoms with Gasteiger partial charge in [-0.15, -0.1) is 0 Å². The van der Waals surface area contributed by atoms with E-state index in [9.17, 15) is 24.0 Å². The highest BCUT2D eigenvalue weighted by Crippen LogP contribution is 2.42. The van der Waals surface area contributed by atoms with Crippen molar-refractivity contribution in [2.75, 3.05) is 40.4 Å². The van der Waals surface area contributed by atoms with Gasteiger partial charge in [0.1, 0.15) is 12.1 Å². The standard InChI is InChI=1S/C51H62F2N6O8/c1-10-42(60)57-21-18-32(27-57)48(62)56(8)45(29(3)4)47(61)55-39-25-34-22-33(24-38(52)43(34)53)31-16-17-40-36(23-31)37(46(58(40)11-2)35-14-12-19-54-44(35)30(5)65-9)26-51(6,7)28-66-50(64)41-15-13-20-59(67-41)49(39)63/h10,12,14,16-17,19,22-24,29-30,32,39,41,45H,1,11,13,15,18,20-21,25-28H2,2-9H3,(H,55,61)/t30-,32-,39-,41-,45?/m0/s1. The smallest absolute Gasteiger partial charge is 0.338 e. The minimum absolute atomic E-state index is 0.00341. The average molecular weight is 925 g/mol. The number of carbonyl (C=O) groups is 5. The maximum Gasteiger partial charge on any atom is 0.338 e. The zero-order chi connectivity index (χ0) is 48.5. The van der Waals surface area contributed by atoms with Gasteiger partial charge in [0, 0.05) is 74.8 Å². The summed E-state index contributed by atoms with van der Waals surface area (Å²) in [7, 11) is 3.13. The second kappa shape index (κ2) is 20.1. The number of hydroxylamine groups is 2. The molecule has 3 aliphatic rings. The number of fused-ring (bicyclic) bond motifs is 6. The zero-order valence-corrected chi connectivity index (χ0v) is 39.7. The Morgan fingerprint density at radius 2 is 1.84 bits per heavy atom. The molecule has 2 aromatic heterocycles. The third-order valence-electron chi connectivity index (χ3n) is 13.3. The third-order valence-corrected chi connectivity index (χ3v) is 13.3. The number of likely N-dealkylation sites (N-methyl/N-ethyl adjacent to an activating group) is 1. The predicted molar refractivity (Wildman–Crippen MR) is 248 cm³/mol. The number of hydrogen-bond donors (Lipinski definition) is 1. The number of hydrogen-bond acceptors (Lipinski definition) is 9. The first-order chi connectivity index (χ1) is 31.9. The molecular formula is C51H62F2N6O8. The van der Waals surface area contributed by atoms with Crippen LogP contribution >= 0.6 is 0 Å². The number of esters is 1. The largest absolute Gasteiger partial charge is 0.463 e. The van der Waals surface area contributed by atoms with Gasteiger partial charge in [-0.1, -0.05) is 40.3 Å². The van der Waals surface area contributed by atoms with E-state index in [0.717, 1.165) is 44.5 Å². The molecule has 7 rings (SSSR count). The highest BCUT2D eigenvalue weighted by Gasteiger charge is 2.41. The number of nitrogens with one attached hydrogen (secondary N) is 1. The normalized spacial score (nSPS) is 20.9. The third kappa shape index (κ3) is 10.0. The van der Waals surface area contributed by atoms with Gasteiger partial charge in [0.25, 0.3) is 5.91 Å². The summed E-state index contributed by atoms with van der Waals surface area (Å²) in [4.78, 5) is 82.7. The number of cyclic esters (lactones) is 1. The molecular weight excluding hydrogens is 863 g/mol. The minimum Gasteiger partial charge on any atom is -0.463 e. The summed E-state index contributed by atoms with van der Waals surface area (Å²) in [6.45, 7) is 16.2. The first-order valence-corrected chi connectivity index (χ1v) is 23.1. The van der Waals surface area contributed by atoms with Crippen molar-refractivity contribution in [3.63, 3.8) is 0 Å². The summed E-state index contributed by atoms with van der Waals surface area (Å²) in [5, 5.41) is 4.62. The molecule has 2 aromatic carbocycles. The van der Waals surface area contributed by atoms with Gasteiger partial charge in [-0.2, -0.15) is 0 Å². The Morgan fingerprint density at radius 1 is 1.07 bits per heavy atom. The summed E-state index contributed by atoms with van der Waals surface area (Å²) in [6.07, 6.45) is 2.33. The van der Waals surface area contributed by atoms with Crippen molar-refractivity contribution < 1.29 is 47.1 Å². The molecule has 5 atom stereocenters. The molecule has 3 aliphatic heterocycles. The number of ether oxygens (including phenoxy) is 2. The molecule has 358 valence electrons. The monoisotopic (exact) mass is 924 g/mol. The van der Waals surface area contributed by atoms with Gasteiger partial charge >= 0.3 is 5.97 Å². The van der Waals surface area contributed by atoms with E-state index in [1.807, 2.05) is 58.0 Å². The van der Waals surface area contributed by atoms with Crippen LogP contribution in [0.5, 0.6) is 0 Å². The van der Waals surface area contributed by atoms with E-state index in [1.54, 1.807) is 27.2 Å². The maximum atomic E-state index is 16.2. The van der Waals surface area contributed by atoms with E-state index in [-0.39, 0.29) is 49.6 Å². The number of pyridine rings is 1. The van der Waals surface area contributed by atoms with Crippen LogP contribution < -0.4 is 5.32 Å². The maximum absolute atomic E-state index is 16.2. The molecule has 0 spiro atoms. The lowest BCUT2D eigenvalue weighted by molar-refractivity contribution is -0.231.